The topological polar surface area (TPSA) is 90.0 Å². The predicted molar refractivity (Wildman–Crippen MR) is 96.7 cm³/mol. The molecule has 0 aliphatic heterocycles. The van der Waals surface area contributed by atoms with Crippen LogP contribution in [-0.4, -0.2) is 26.5 Å². The predicted octanol–water partition coefficient (Wildman–Crippen LogP) is 3.26. The summed E-state index contributed by atoms with van der Waals surface area (Å²) in [5.74, 6) is 0.242. The van der Waals surface area contributed by atoms with Gasteiger partial charge >= 0.3 is 0 Å². The van der Waals surface area contributed by atoms with Crippen molar-refractivity contribution < 1.29 is 14.0 Å². The van der Waals surface area contributed by atoms with Gasteiger partial charge in [-0.2, -0.15) is 5.10 Å². The SMILES string of the molecule is Cc1ncsc1CCn1cc(NC(=O)c2coc3c2C(=O)CCC3)cn1. The van der Waals surface area contributed by atoms with E-state index in [9.17, 15) is 9.59 Å². The maximum absolute atomic E-state index is 12.5. The van der Waals surface area contributed by atoms with Crippen molar-refractivity contribution in [1.82, 2.24) is 14.8 Å². The van der Waals surface area contributed by atoms with Crippen LogP contribution in [0.4, 0.5) is 5.69 Å². The fourth-order valence-corrected chi connectivity index (χ4v) is 3.89. The van der Waals surface area contributed by atoms with Gasteiger partial charge in [0.25, 0.3) is 5.91 Å². The number of anilines is 1. The first kappa shape index (κ1) is 16.7. The van der Waals surface area contributed by atoms with Gasteiger partial charge in [0.1, 0.15) is 12.0 Å². The Kier molecular flexibility index (Phi) is 4.42. The third-order valence-electron chi connectivity index (χ3n) is 4.50. The Morgan fingerprint density at radius 2 is 2.31 bits per heavy atom. The minimum absolute atomic E-state index is 0.0271. The zero-order chi connectivity index (χ0) is 18.1. The Balaban J connectivity index is 1.43. The van der Waals surface area contributed by atoms with Crippen molar-refractivity contribution in [2.24, 2.45) is 0 Å². The molecular formula is C18H18N4O3S. The number of nitrogens with zero attached hydrogens (tertiary/aromatic N) is 3. The van der Waals surface area contributed by atoms with Gasteiger partial charge in [0.05, 0.1) is 34.2 Å². The van der Waals surface area contributed by atoms with Crippen molar-refractivity contribution in [2.75, 3.05) is 5.32 Å². The van der Waals surface area contributed by atoms with Crippen LogP contribution in [0, 0.1) is 6.92 Å². The lowest BCUT2D eigenvalue weighted by Crippen LogP contribution is -2.17. The molecule has 0 saturated heterocycles. The molecule has 0 radical (unpaired) electrons. The van der Waals surface area contributed by atoms with Gasteiger partial charge in [0.15, 0.2) is 5.78 Å². The summed E-state index contributed by atoms with van der Waals surface area (Å²) in [5.41, 5.74) is 4.21. The molecule has 0 fully saturated rings. The van der Waals surface area contributed by atoms with Gasteiger partial charge in [-0.1, -0.05) is 0 Å². The molecule has 1 aliphatic carbocycles. The first-order valence-corrected chi connectivity index (χ1v) is 9.36. The number of fused-ring (bicyclic) bond motifs is 1. The largest absolute Gasteiger partial charge is 0.468 e. The molecule has 4 rings (SSSR count). The number of hydrogen-bond acceptors (Lipinski definition) is 6. The van der Waals surface area contributed by atoms with E-state index in [0.29, 0.717) is 42.0 Å². The van der Waals surface area contributed by atoms with E-state index in [2.05, 4.69) is 15.4 Å². The van der Waals surface area contributed by atoms with E-state index in [-0.39, 0.29) is 11.7 Å². The molecule has 0 spiro atoms. The Bertz CT molecular complexity index is 969. The average molecular weight is 370 g/mol. The van der Waals surface area contributed by atoms with Gasteiger partial charge < -0.3 is 9.73 Å². The maximum Gasteiger partial charge on any atom is 0.259 e. The van der Waals surface area contributed by atoms with E-state index in [1.807, 2.05) is 12.4 Å². The second-order valence-electron chi connectivity index (χ2n) is 6.28. The molecule has 1 N–H and O–H groups in total. The molecule has 3 heterocycles. The lowest BCUT2D eigenvalue weighted by molar-refractivity contribution is 0.0955. The highest BCUT2D eigenvalue weighted by molar-refractivity contribution is 7.09. The molecular weight excluding hydrogens is 352 g/mol. The van der Waals surface area contributed by atoms with Gasteiger partial charge in [0.2, 0.25) is 0 Å². The number of nitrogens with one attached hydrogen (secondary N) is 1. The molecule has 0 saturated carbocycles. The molecule has 134 valence electrons. The Morgan fingerprint density at radius 1 is 1.42 bits per heavy atom. The molecule has 1 amide bonds. The van der Waals surface area contributed by atoms with Crippen LogP contribution in [0.25, 0.3) is 0 Å². The number of carbonyl (C=O) groups is 2. The summed E-state index contributed by atoms with van der Waals surface area (Å²) in [5, 5.41) is 7.07. The first-order valence-electron chi connectivity index (χ1n) is 8.48. The summed E-state index contributed by atoms with van der Waals surface area (Å²) in [7, 11) is 0. The number of ketones is 1. The number of carbonyl (C=O) groups excluding carboxylic acids is 2. The zero-order valence-electron chi connectivity index (χ0n) is 14.3. The number of Topliss-reactive ketones (excluding diaryl/α,β-unsaturated/α-hetero) is 1. The highest BCUT2D eigenvalue weighted by atomic mass is 32.1. The van der Waals surface area contributed by atoms with Crippen molar-refractivity contribution in [3.05, 3.63) is 51.6 Å². The summed E-state index contributed by atoms with van der Waals surface area (Å²) < 4.78 is 7.19. The second kappa shape index (κ2) is 6.87. The number of thiazole rings is 1. The number of furan rings is 1. The molecule has 7 nitrogen and oxygen atoms in total. The van der Waals surface area contributed by atoms with Crippen molar-refractivity contribution in [2.45, 2.75) is 39.2 Å². The summed E-state index contributed by atoms with van der Waals surface area (Å²) >= 11 is 1.63. The maximum atomic E-state index is 12.5. The van der Waals surface area contributed by atoms with Crippen LogP contribution >= 0.6 is 11.3 Å². The lowest BCUT2D eigenvalue weighted by atomic mass is 9.94. The van der Waals surface area contributed by atoms with Gasteiger partial charge in [-0.05, 0) is 13.3 Å². The molecule has 0 aromatic carbocycles. The van der Waals surface area contributed by atoms with Crippen molar-refractivity contribution in [1.29, 1.82) is 0 Å². The monoisotopic (exact) mass is 370 g/mol. The molecule has 0 unspecified atom stereocenters. The van der Waals surface area contributed by atoms with Crippen LogP contribution in [0.15, 0.2) is 28.6 Å². The summed E-state index contributed by atoms with van der Waals surface area (Å²) in [6.45, 7) is 2.70. The highest BCUT2D eigenvalue weighted by Crippen LogP contribution is 2.27. The summed E-state index contributed by atoms with van der Waals surface area (Å²) in [4.78, 5) is 30.1. The number of amides is 1. The van der Waals surface area contributed by atoms with Crippen molar-refractivity contribution in [3.63, 3.8) is 0 Å². The van der Waals surface area contributed by atoms with Crippen LogP contribution in [0.2, 0.25) is 0 Å². The zero-order valence-corrected chi connectivity index (χ0v) is 15.1. The second-order valence-corrected chi connectivity index (χ2v) is 7.22. The van der Waals surface area contributed by atoms with E-state index < -0.39 is 0 Å². The van der Waals surface area contributed by atoms with Gasteiger partial charge in [-0.15, -0.1) is 11.3 Å². The number of aryl methyl sites for hydroxylation is 4. The number of rotatable bonds is 5. The molecule has 3 aromatic heterocycles. The summed E-state index contributed by atoms with van der Waals surface area (Å²) in [6.07, 6.45) is 7.53. The molecule has 26 heavy (non-hydrogen) atoms. The fraction of sp³-hybridized carbons (Fsp3) is 0.333. The quantitative estimate of drug-likeness (QED) is 0.744. The third kappa shape index (κ3) is 3.20. The van der Waals surface area contributed by atoms with E-state index in [1.54, 1.807) is 28.4 Å². The molecule has 0 bridgehead atoms. The molecule has 1 aliphatic rings. The van der Waals surface area contributed by atoms with Crippen LogP contribution in [0.3, 0.4) is 0 Å². The van der Waals surface area contributed by atoms with Crippen LogP contribution < -0.4 is 5.32 Å². The Morgan fingerprint density at radius 3 is 3.12 bits per heavy atom. The number of aromatic nitrogens is 3. The first-order chi connectivity index (χ1) is 12.6. The Labute approximate surface area is 154 Å². The van der Waals surface area contributed by atoms with Crippen LogP contribution in [0.1, 0.15) is 49.9 Å². The van der Waals surface area contributed by atoms with E-state index in [0.717, 1.165) is 18.5 Å². The van der Waals surface area contributed by atoms with Crippen LogP contribution in [0.5, 0.6) is 0 Å². The standard InChI is InChI=1S/C18H18N4O3S/c1-11-16(26-10-19-11)5-6-22-8-12(7-20-22)21-18(24)13-9-25-15-4-2-3-14(23)17(13)15/h7-10H,2-6H2,1H3,(H,21,24). The Hall–Kier alpha value is -2.74. The molecule has 3 aromatic rings. The van der Waals surface area contributed by atoms with E-state index in [1.165, 1.54) is 11.1 Å². The normalized spacial score (nSPS) is 13.7. The smallest absolute Gasteiger partial charge is 0.259 e. The lowest BCUT2D eigenvalue weighted by Gasteiger charge is -2.09. The van der Waals surface area contributed by atoms with E-state index in [4.69, 9.17) is 4.42 Å². The van der Waals surface area contributed by atoms with Gasteiger partial charge in [0, 0.05) is 36.9 Å². The van der Waals surface area contributed by atoms with Crippen molar-refractivity contribution >= 4 is 28.7 Å². The minimum atomic E-state index is -0.344. The fourth-order valence-electron chi connectivity index (χ4n) is 3.12. The summed E-state index contributed by atoms with van der Waals surface area (Å²) in [6, 6.07) is 0. The highest BCUT2D eigenvalue weighted by Gasteiger charge is 2.27. The minimum Gasteiger partial charge on any atom is -0.468 e. The van der Waals surface area contributed by atoms with Gasteiger partial charge in [-0.25, -0.2) is 4.98 Å². The average Bonchev–Trinajstić information content (AvgIpc) is 3.33. The number of hydrogen-bond donors (Lipinski definition) is 1. The van der Waals surface area contributed by atoms with Crippen molar-refractivity contribution in [3.8, 4) is 0 Å². The van der Waals surface area contributed by atoms with E-state index >= 15 is 0 Å². The van der Waals surface area contributed by atoms with Gasteiger partial charge in [-0.3, -0.25) is 14.3 Å². The molecule has 0 atom stereocenters. The molecule has 8 heteroatoms. The third-order valence-corrected chi connectivity index (χ3v) is 5.50. The van der Waals surface area contributed by atoms with Crippen LogP contribution in [-0.2, 0) is 19.4 Å².